The van der Waals surface area contributed by atoms with Gasteiger partial charge in [0.1, 0.15) is 0 Å². The van der Waals surface area contributed by atoms with Gasteiger partial charge in [-0.2, -0.15) is 0 Å². The van der Waals surface area contributed by atoms with Crippen molar-refractivity contribution in [3.05, 3.63) is 34.9 Å². The lowest BCUT2D eigenvalue weighted by Crippen LogP contribution is -2.09. The van der Waals surface area contributed by atoms with Crippen LogP contribution in [0.3, 0.4) is 0 Å². The van der Waals surface area contributed by atoms with Gasteiger partial charge in [0.15, 0.2) is 0 Å². The van der Waals surface area contributed by atoms with E-state index in [-0.39, 0.29) is 0 Å². The van der Waals surface area contributed by atoms with Gasteiger partial charge in [0.25, 0.3) is 0 Å². The van der Waals surface area contributed by atoms with Crippen molar-refractivity contribution in [1.82, 2.24) is 0 Å². The maximum atomic E-state index is 10.5. The van der Waals surface area contributed by atoms with Gasteiger partial charge >= 0.3 is 5.97 Å². The molecule has 2 aliphatic heterocycles. The Labute approximate surface area is 163 Å². The lowest BCUT2D eigenvalue weighted by Gasteiger charge is -2.11. The number of hydrogen-bond acceptors (Lipinski definition) is 3. The summed E-state index contributed by atoms with van der Waals surface area (Å²) in [7, 11) is 0. The van der Waals surface area contributed by atoms with Gasteiger partial charge < -0.3 is 14.6 Å². The zero-order chi connectivity index (χ0) is 19.6. The van der Waals surface area contributed by atoms with Crippen LogP contribution >= 0.6 is 0 Å². The molecule has 1 aromatic rings. The van der Waals surface area contributed by atoms with Crippen molar-refractivity contribution < 1.29 is 19.4 Å². The number of aryl methyl sites for hydroxylation is 2. The Balaban J connectivity index is 0.000000119. The van der Waals surface area contributed by atoms with E-state index >= 15 is 0 Å². The Morgan fingerprint density at radius 2 is 1.41 bits per heavy atom. The SMILES string of the molecule is CC1CCC2OC2C1.CC1CCC2OC2C1.Cc1ccc(C(=O)O)c(C)c1. The Morgan fingerprint density at radius 1 is 0.889 bits per heavy atom. The minimum absolute atomic E-state index is 0.385. The summed E-state index contributed by atoms with van der Waals surface area (Å²) in [5, 5.41) is 8.66. The Morgan fingerprint density at radius 3 is 1.78 bits per heavy atom. The maximum Gasteiger partial charge on any atom is 0.335 e. The zero-order valence-corrected chi connectivity index (χ0v) is 17.1. The van der Waals surface area contributed by atoms with Crippen molar-refractivity contribution in [2.75, 3.05) is 0 Å². The summed E-state index contributed by atoms with van der Waals surface area (Å²) >= 11 is 0. The average molecular weight is 375 g/mol. The fourth-order valence-corrected chi connectivity index (χ4v) is 4.26. The summed E-state index contributed by atoms with van der Waals surface area (Å²) in [6, 6.07) is 5.30. The van der Waals surface area contributed by atoms with Crippen molar-refractivity contribution in [1.29, 1.82) is 0 Å². The van der Waals surface area contributed by atoms with Crippen LogP contribution in [-0.4, -0.2) is 35.5 Å². The predicted octanol–water partition coefficient (Wildman–Crippen LogP) is 5.15. The van der Waals surface area contributed by atoms with Crippen LogP contribution in [0.25, 0.3) is 0 Å². The summed E-state index contributed by atoms with van der Waals surface area (Å²) in [5.74, 6) is 1.000. The largest absolute Gasteiger partial charge is 0.478 e. The predicted molar refractivity (Wildman–Crippen MR) is 106 cm³/mol. The van der Waals surface area contributed by atoms with Gasteiger partial charge in [-0.05, 0) is 75.8 Å². The Bertz CT molecular complexity index is 630. The molecule has 2 saturated heterocycles. The van der Waals surface area contributed by atoms with E-state index in [1.165, 1.54) is 38.5 Å². The molecule has 0 amide bonds. The number of carboxylic acids is 1. The molecule has 2 heterocycles. The molecule has 0 bridgehead atoms. The van der Waals surface area contributed by atoms with E-state index in [0.29, 0.717) is 30.0 Å². The second-order valence-electron chi connectivity index (χ2n) is 8.89. The molecule has 5 rings (SSSR count). The monoisotopic (exact) mass is 374 g/mol. The van der Waals surface area contributed by atoms with Crippen molar-refractivity contribution in [3.8, 4) is 0 Å². The van der Waals surface area contributed by atoms with Crippen molar-refractivity contribution >= 4 is 5.97 Å². The Hall–Kier alpha value is -1.39. The van der Waals surface area contributed by atoms with Gasteiger partial charge in [-0.15, -0.1) is 0 Å². The first-order valence-electron chi connectivity index (χ1n) is 10.4. The number of ether oxygens (including phenoxy) is 2. The highest BCUT2D eigenvalue weighted by atomic mass is 16.6. The summed E-state index contributed by atoms with van der Waals surface area (Å²) < 4.78 is 10.7. The lowest BCUT2D eigenvalue weighted by molar-refractivity contribution is 0.0696. The molecule has 0 radical (unpaired) electrons. The van der Waals surface area contributed by atoms with Crippen LogP contribution in [0, 0.1) is 25.7 Å². The molecule has 6 unspecified atom stereocenters. The smallest absolute Gasteiger partial charge is 0.335 e. The van der Waals surface area contributed by atoms with E-state index in [2.05, 4.69) is 13.8 Å². The normalized spacial score (nSPS) is 35.3. The van der Waals surface area contributed by atoms with Crippen molar-refractivity contribution in [2.24, 2.45) is 11.8 Å². The number of carbonyl (C=O) groups is 1. The van der Waals surface area contributed by atoms with E-state index < -0.39 is 5.97 Å². The molecule has 1 N–H and O–H groups in total. The minimum Gasteiger partial charge on any atom is -0.478 e. The third kappa shape index (κ3) is 6.05. The highest BCUT2D eigenvalue weighted by Gasteiger charge is 2.43. The molecule has 27 heavy (non-hydrogen) atoms. The van der Waals surface area contributed by atoms with Gasteiger partial charge in [0.05, 0.1) is 30.0 Å². The molecule has 6 atom stereocenters. The molecule has 2 saturated carbocycles. The number of epoxide rings is 2. The molecule has 1 aromatic carbocycles. The molecule has 150 valence electrons. The van der Waals surface area contributed by atoms with Crippen LogP contribution < -0.4 is 0 Å². The van der Waals surface area contributed by atoms with Gasteiger partial charge in [0.2, 0.25) is 0 Å². The van der Waals surface area contributed by atoms with Crippen LogP contribution in [0.1, 0.15) is 73.9 Å². The third-order valence-electron chi connectivity index (χ3n) is 6.14. The van der Waals surface area contributed by atoms with Crippen LogP contribution in [0.4, 0.5) is 0 Å². The molecule has 4 nitrogen and oxygen atoms in total. The van der Waals surface area contributed by atoms with E-state index in [9.17, 15) is 4.79 Å². The van der Waals surface area contributed by atoms with E-state index in [0.717, 1.165) is 23.0 Å². The number of fused-ring (bicyclic) bond motifs is 2. The molecule has 2 aliphatic carbocycles. The van der Waals surface area contributed by atoms with Crippen LogP contribution in [0.5, 0.6) is 0 Å². The summed E-state index contributed by atoms with van der Waals surface area (Å²) in [5.41, 5.74) is 2.29. The molecule has 4 fully saturated rings. The number of carboxylic acid groups (broad SMARTS) is 1. The molecule has 0 aromatic heterocycles. The maximum absolute atomic E-state index is 10.5. The fourth-order valence-electron chi connectivity index (χ4n) is 4.26. The van der Waals surface area contributed by atoms with Gasteiger partial charge in [-0.3, -0.25) is 0 Å². The topological polar surface area (TPSA) is 62.4 Å². The number of hydrogen-bond donors (Lipinski definition) is 1. The molecular weight excluding hydrogens is 340 g/mol. The Kier molecular flexibility index (Phi) is 6.59. The lowest BCUT2D eigenvalue weighted by atomic mass is 9.91. The first-order chi connectivity index (χ1) is 12.8. The second-order valence-corrected chi connectivity index (χ2v) is 8.89. The third-order valence-corrected chi connectivity index (χ3v) is 6.14. The van der Waals surface area contributed by atoms with E-state index in [1.807, 2.05) is 13.0 Å². The fraction of sp³-hybridized carbons (Fsp3) is 0.696. The summed E-state index contributed by atoms with van der Waals surface area (Å²) in [6.07, 6.45) is 10.8. The van der Waals surface area contributed by atoms with Gasteiger partial charge in [-0.1, -0.05) is 31.5 Å². The van der Waals surface area contributed by atoms with Gasteiger partial charge in [-0.25, -0.2) is 4.79 Å². The molecular formula is C23H34O4. The van der Waals surface area contributed by atoms with Gasteiger partial charge in [0, 0.05) is 0 Å². The highest BCUT2D eigenvalue weighted by Crippen LogP contribution is 2.39. The first-order valence-corrected chi connectivity index (χ1v) is 10.4. The minimum atomic E-state index is -0.859. The number of aromatic carboxylic acids is 1. The van der Waals surface area contributed by atoms with E-state index in [4.69, 9.17) is 14.6 Å². The number of benzene rings is 1. The zero-order valence-electron chi connectivity index (χ0n) is 17.1. The van der Waals surface area contributed by atoms with Crippen LogP contribution in [-0.2, 0) is 9.47 Å². The number of rotatable bonds is 1. The van der Waals surface area contributed by atoms with Crippen molar-refractivity contribution in [3.63, 3.8) is 0 Å². The van der Waals surface area contributed by atoms with Crippen molar-refractivity contribution in [2.45, 2.75) is 90.6 Å². The first kappa shape index (κ1) is 20.3. The van der Waals surface area contributed by atoms with Crippen LogP contribution in [0.2, 0.25) is 0 Å². The standard InChI is InChI=1S/C9H10O2.2C7H12O/c1-6-3-4-8(9(10)11)7(2)5-6;2*1-5-2-3-6-7(4-5)8-6/h3-5H,1-2H3,(H,10,11);2*5-7H,2-4H2,1H3. The highest BCUT2D eigenvalue weighted by molar-refractivity contribution is 5.89. The molecule has 4 aliphatic rings. The molecule has 0 spiro atoms. The average Bonchev–Trinajstić information content (AvgIpc) is 3.49. The molecule has 4 heteroatoms. The van der Waals surface area contributed by atoms with E-state index in [1.54, 1.807) is 19.1 Å². The quantitative estimate of drug-likeness (QED) is 0.691. The summed E-state index contributed by atoms with van der Waals surface area (Å²) in [6.45, 7) is 8.38. The van der Waals surface area contributed by atoms with Crippen LogP contribution in [0.15, 0.2) is 18.2 Å². The summed E-state index contributed by atoms with van der Waals surface area (Å²) in [4.78, 5) is 10.5. The second kappa shape index (κ2) is 8.74.